The molecule has 2 aromatic heterocycles. The first kappa shape index (κ1) is 24.6. The number of hydrogen-bond acceptors (Lipinski definition) is 9. The van der Waals surface area contributed by atoms with Gasteiger partial charge < -0.3 is 37.7 Å². The molecule has 2 heterocycles. The molecule has 0 aliphatic carbocycles. The molecule has 4 rings (SSSR count). The van der Waals surface area contributed by atoms with E-state index in [0.29, 0.717) is 45.5 Å². The van der Waals surface area contributed by atoms with E-state index in [2.05, 4.69) is 41.5 Å². The highest BCUT2D eigenvalue weighted by atomic mass is 16.2. The third-order valence-corrected chi connectivity index (χ3v) is 5.08. The highest BCUT2D eigenvalue weighted by Gasteiger charge is 2.13. The normalized spacial score (nSPS) is 10.2. The summed E-state index contributed by atoms with van der Waals surface area (Å²) in [5.41, 5.74) is 8.64. The highest BCUT2D eigenvalue weighted by Crippen LogP contribution is 2.26. The van der Waals surface area contributed by atoms with Gasteiger partial charge in [-0.05, 0) is 60.7 Å². The number of nitrogens with one attached hydrogen (secondary N) is 6. The van der Waals surface area contributed by atoms with Gasteiger partial charge in [0.25, 0.3) is 0 Å². The minimum Gasteiger partial charge on any atom is -0.372 e. The maximum atomic E-state index is 12.2. The number of nitrogens with two attached hydrogens (primary N) is 1. The zero-order chi connectivity index (χ0) is 26.2. The molecular weight excluding hydrogens is 472 g/mol. The van der Waals surface area contributed by atoms with E-state index in [-0.39, 0.29) is 5.95 Å². The molecular formula is C25H24N10O2. The number of nitrogens with zero attached hydrogens (tertiary/aromatic N) is 3. The van der Waals surface area contributed by atoms with Crippen molar-refractivity contribution in [3.8, 4) is 0 Å². The standard InChI is InChI=1S/C25H24N10O2/c1-28-22-20(13-26)23(30-16-6-4-15(5-7-16)21(27)36)35-24(34-22)31-17-8-10-18(11-9-17)32-25(37)33-19-3-2-12-29-14-19/h2-14,26H,1H3,(H2,27,36)(H2,32,33,37)(H3,28,30,31,34,35). The Kier molecular flexibility index (Phi) is 7.49. The van der Waals surface area contributed by atoms with Crippen LogP contribution in [-0.2, 0) is 0 Å². The van der Waals surface area contributed by atoms with Crippen molar-refractivity contribution in [2.75, 3.05) is 33.6 Å². The Hall–Kier alpha value is -5.52. The lowest BCUT2D eigenvalue weighted by atomic mass is 10.2. The number of pyridine rings is 1. The highest BCUT2D eigenvalue weighted by molar-refractivity contribution is 5.99. The van der Waals surface area contributed by atoms with Gasteiger partial charge in [-0.25, -0.2) is 4.79 Å². The Balaban J connectivity index is 1.48. The van der Waals surface area contributed by atoms with Crippen LogP contribution in [0.25, 0.3) is 0 Å². The number of carbonyl (C=O) groups is 2. The van der Waals surface area contributed by atoms with Crippen LogP contribution in [0.2, 0.25) is 0 Å². The van der Waals surface area contributed by atoms with E-state index < -0.39 is 11.9 Å². The minimum atomic E-state index is -0.520. The summed E-state index contributed by atoms with van der Waals surface area (Å²) in [4.78, 5) is 36.4. The van der Waals surface area contributed by atoms with E-state index in [1.54, 1.807) is 80.1 Å². The van der Waals surface area contributed by atoms with Gasteiger partial charge in [0.1, 0.15) is 11.6 Å². The first-order valence-corrected chi connectivity index (χ1v) is 11.1. The van der Waals surface area contributed by atoms with Gasteiger partial charge in [0, 0.05) is 42.1 Å². The maximum Gasteiger partial charge on any atom is 0.323 e. The van der Waals surface area contributed by atoms with E-state index in [0.717, 1.165) is 6.21 Å². The summed E-state index contributed by atoms with van der Waals surface area (Å²) in [7, 11) is 1.70. The first-order chi connectivity index (χ1) is 17.9. The number of carbonyl (C=O) groups excluding carboxylic acids is 2. The second-order valence-electron chi connectivity index (χ2n) is 7.64. The van der Waals surface area contributed by atoms with Crippen LogP contribution in [-0.4, -0.2) is 40.2 Å². The quantitative estimate of drug-likeness (QED) is 0.169. The summed E-state index contributed by atoms with van der Waals surface area (Å²) in [6, 6.07) is 16.7. The van der Waals surface area contributed by atoms with Crippen LogP contribution in [0.3, 0.4) is 0 Å². The Labute approximate surface area is 212 Å². The topological polar surface area (TPSA) is 183 Å². The molecule has 0 aliphatic heterocycles. The molecule has 8 N–H and O–H groups in total. The molecule has 0 radical (unpaired) electrons. The first-order valence-electron chi connectivity index (χ1n) is 11.1. The number of aromatic nitrogens is 3. The Morgan fingerprint density at radius 2 is 1.46 bits per heavy atom. The predicted octanol–water partition coefficient (Wildman–Crippen LogP) is 4.14. The van der Waals surface area contributed by atoms with Crippen molar-refractivity contribution in [2.24, 2.45) is 5.73 Å². The lowest BCUT2D eigenvalue weighted by Crippen LogP contribution is -2.19. The van der Waals surface area contributed by atoms with Crippen molar-refractivity contribution >= 4 is 58.5 Å². The zero-order valence-electron chi connectivity index (χ0n) is 19.7. The zero-order valence-corrected chi connectivity index (χ0v) is 19.7. The molecule has 0 bridgehead atoms. The van der Waals surface area contributed by atoms with Crippen LogP contribution >= 0.6 is 0 Å². The smallest absolute Gasteiger partial charge is 0.323 e. The molecule has 2 aromatic carbocycles. The molecule has 186 valence electrons. The van der Waals surface area contributed by atoms with Gasteiger partial charge >= 0.3 is 6.03 Å². The number of amides is 3. The second-order valence-corrected chi connectivity index (χ2v) is 7.64. The van der Waals surface area contributed by atoms with Crippen molar-refractivity contribution in [1.29, 1.82) is 5.41 Å². The number of primary amides is 1. The van der Waals surface area contributed by atoms with Crippen molar-refractivity contribution < 1.29 is 9.59 Å². The van der Waals surface area contributed by atoms with Crippen LogP contribution in [0.1, 0.15) is 15.9 Å². The molecule has 0 aliphatic rings. The summed E-state index contributed by atoms with van der Waals surface area (Å²) in [5, 5.41) is 22.5. The lowest BCUT2D eigenvalue weighted by Gasteiger charge is -2.15. The fourth-order valence-corrected chi connectivity index (χ4v) is 3.30. The largest absolute Gasteiger partial charge is 0.372 e. The average Bonchev–Trinajstić information content (AvgIpc) is 2.90. The third kappa shape index (κ3) is 6.33. The average molecular weight is 497 g/mol. The van der Waals surface area contributed by atoms with Crippen molar-refractivity contribution in [1.82, 2.24) is 15.0 Å². The fraction of sp³-hybridized carbons (Fsp3) is 0.0400. The number of rotatable bonds is 9. The van der Waals surface area contributed by atoms with Crippen LogP contribution in [0.15, 0.2) is 73.1 Å². The number of benzene rings is 2. The molecule has 0 unspecified atom stereocenters. The summed E-state index contributed by atoms with van der Waals surface area (Å²) in [5.74, 6) is 0.581. The summed E-state index contributed by atoms with van der Waals surface area (Å²) in [6.07, 6.45) is 4.32. The number of anilines is 7. The molecule has 0 atom stereocenters. The molecule has 12 nitrogen and oxygen atoms in total. The van der Waals surface area contributed by atoms with Crippen LogP contribution in [0, 0.1) is 5.41 Å². The molecule has 37 heavy (non-hydrogen) atoms. The fourth-order valence-electron chi connectivity index (χ4n) is 3.30. The Bertz CT molecular complexity index is 1410. The molecule has 0 spiro atoms. The molecule has 0 saturated heterocycles. The summed E-state index contributed by atoms with van der Waals surface area (Å²) in [6.45, 7) is 0. The Morgan fingerprint density at radius 3 is 2.08 bits per heavy atom. The SMILES string of the molecule is CNc1nc(Nc2ccc(NC(=O)Nc3cccnc3)cc2)nc(Nc2ccc(C(N)=O)cc2)c1C=N. The molecule has 12 heteroatoms. The van der Waals surface area contributed by atoms with Crippen molar-refractivity contribution in [3.05, 3.63) is 84.2 Å². The molecule has 3 amide bonds. The second kappa shape index (κ2) is 11.3. The maximum absolute atomic E-state index is 12.2. The minimum absolute atomic E-state index is 0.279. The van der Waals surface area contributed by atoms with Gasteiger partial charge in [-0.3, -0.25) is 9.78 Å². The number of urea groups is 1. The van der Waals surface area contributed by atoms with E-state index in [1.807, 2.05) is 0 Å². The van der Waals surface area contributed by atoms with E-state index in [1.165, 1.54) is 0 Å². The molecule has 0 saturated carbocycles. The van der Waals surface area contributed by atoms with E-state index in [4.69, 9.17) is 11.1 Å². The van der Waals surface area contributed by atoms with E-state index >= 15 is 0 Å². The van der Waals surface area contributed by atoms with Gasteiger partial charge in [-0.1, -0.05) is 0 Å². The van der Waals surface area contributed by atoms with Crippen molar-refractivity contribution in [2.45, 2.75) is 0 Å². The summed E-state index contributed by atoms with van der Waals surface area (Å²) >= 11 is 0. The molecule has 0 fully saturated rings. The predicted molar refractivity (Wildman–Crippen MR) is 144 cm³/mol. The van der Waals surface area contributed by atoms with Gasteiger partial charge in [0.05, 0.1) is 17.4 Å². The van der Waals surface area contributed by atoms with Crippen LogP contribution < -0.4 is 32.3 Å². The van der Waals surface area contributed by atoms with Crippen LogP contribution in [0.4, 0.5) is 45.1 Å². The summed E-state index contributed by atoms with van der Waals surface area (Å²) < 4.78 is 0. The molecule has 4 aromatic rings. The van der Waals surface area contributed by atoms with Gasteiger partial charge in [-0.15, -0.1) is 0 Å². The van der Waals surface area contributed by atoms with E-state index in [9.17, 15) is 9.59 Å². The number of hydrogen-bond donors (Lipinski definition) is 7. The van der Waals surface area contributed by atoms with Gasteiger partial charge in [0.2, 0.25) is 11.9 Å². The van der Waals surface area contributed by atoms with Gasteiger partial charge in [-0.2, -0.15) is 9.97 Å². The Morgan fingerprint density at radius 1 is 0.838 bits per heavy atom. The van der Waals surface area contributed by atoms with Crippen LogP contribution in [0.5, 0.6) is 0 Å². The van der Waals surface area contributed by atoms with Gasteiger partial charge in [0.15, 0.2) is 0 Å². The third-order valence-electron chi connectivity index (χ3n) is 5.08. The monoisotopic (exact) mass is 496 g/mol. The van der Waals surface area contributed by atoms with Crippen molar-refractivity contribution in [3.63, 3.8) is 0 Å². The lowest BCUT2D eigenvalue weighted by molar-refractivity contribution is 0.100.